The molecule has 14 heavy (non-hydrogen) atoms. The van der Waals surface area contributed by atoms with Gasteiger partial charge in [-0.1, -0.05) is 0 Å². The summed E-state index contributed by atoms with van der Waals surface area (Å²) in [7, 11) is 0. The fourth-order valence-corrected chi connectivity index (χ4v) is 2.00. The van der Waals surface area contributed by atoms with Crippen molar-refractivity contribution in [3.05, 3.63) is 28.0 Å². The summed E-state index contributed by atoms with van der Waals surface area (Å²) in [6, 6.07) is 2.50. The van der Waals surface area contributed by atoms with Crippen LogP contribution in [-0.4, -0.2) is 11.9 Å². The number of carbonyl (C=O) groups excluding carboxylic acids is 1. The molecular formula is C11H13NOS. The van der Waals surface area contributed by atoms with Crippen LogP contribution in [0.2, 0.25) is 0 Å². The monoisotopic (exact) mass is 207 g/mol. The van der Waals surface area contributed by atoms with Gasteiger partial charge in [0.1, 0.15) is 0 Å². The van der Waals surface area contributed by atoms with E-state index in [2.05, 4.69) is 18.3 Å². The third-order valence-corrected chi connectivity index (χ3v) is 3.20. The molecular weight excluding hydrogens is 194 g/mol. The number of nitrogens with one attached hydrogen (secondary N) is 1. The Labute approximate surface area is 87.6 Å². The Balaban J connectivity index is 1.92. The number of aryl methyl sites for hydroxylation is 1. The first-order valence-corrected chi connectivity index (χ1v) is 5.66. The van der Waals surface area contributed by atoms with Crippen molar-refractivity contribution in [1.82, 2.24) is 5.32 Å². The number of hydrogen-bond acceptors (Lipinski definition) is 2. The minimum Gasteiger partial charge on any atom is -0.350 e. The molecule has 0 bridgehead atoms. The molecule has 1 N–H and O–H groups in total. The molecule has 1 heterocycles. The van der Waals surface area contributed by atoms with E-state index in [0.29, 0.717) is 6.04 Å². The lowest BCUT2D eigenvalue weighted by Gasteiger charge is -1.96. The number of hydrogen-bond donors (Lipinski definition) is 1. The van der Waals surface area contributed by atoms with Crippen molar-refractivity contribution >= 4 is 23.3 Å². The highest BCUT2D eigenvalue weighted by Gasteiger charge is 2.21. The molecule has 3 heteroatoms. The fraction of sp³-hybridized carbons (Fsp3) is 0.364. The molecule has 1 fully saturated rings. The first kappa shape index (κ1) is 9.46. The smallest absolute Gasteiger partial charge is 0.244 e. The molecule has 0 aliphatic heterocycles. The molecule has 1 aromatic heterocycles. The maximum absolute atomic E-state index is 11.3. The van der Waals surface area contributed by atoms with Gasteiger partial charge in [0, 0.05) is 17.0 Å². The van der Waals surface area contributed by atoms with Crippen LogP contribution >= 0.6 is 11.3 Å². The van der Waals surface area contributed by atoms with Gasteiger partial charge in [0.2, 0.25) is 5.91 Å². The molecule has 0 unspecified atom stereocenters. The van der Waals surface area contributed by atoms with Gasteiger partial charge in [-0.15, -0.1) is 11.3 Å². The van der Waals surface area contributed by atoms with Gasteiger partial charge in [-0.05, 0) is 42.9 Å². The van der Waals surface area contributed by atoms with E-state index in [0.717, 1.165) is 17.7 Å². The molecule has 0 aromatic carbocycles. The van der Waals surface area contributed by atoms with Crippen LogP contribution in [-0.2, 0) is 4.79 Å². The molecule has 74 valence electrons. The highest BCUT2D eigenvalue weighted by Crippen LogP contribution is 2.19. The molecule has 0 saturated heterocycles. The zero-order valence-corrected chi connectivity index (χ0v) is 8.93. The highest BCUT2D eigenvalue weighted by molar-refractivity contribution is 7.11. The van der Waals surface area contributed by atoms with E-state index in [-0.39, 0.29) is 5.91 Å². The Morgan fingerprint density at radius 2 is 2.43 bits per heavy atom. The zero-order chi connectivity index (χ0) is 9.97. The Hall–Kier alpha value is -1.09. The van der Waals surface area contributed by atoms with E-state index in [9.17, 15) is 4.79 Å². The molecule has 1 aliphatic rings. The predicted octanol–water partition coefficient (Wildman–Crippen LogP) is 2.35. The SMILES string of the molecule is Cc1ccsc1/C=C/C(=O)NC1CC1. The van der Waals surface area contributed by atoms with Crippen molar-refractivity contribution in [2.45, 2.75) is 25.8 Å². The lowest BCUT2D eigenvalue weighted by molar-refractivity contribution is -0.116. The Kier molecular flexibility index (Phi) is 2.68. The predicted molar refractivity (Wildman–Crippen MR) is 59.3 cm³/mol. The van der Waals surface area contributed by atoms with Crippen LogP contribution in [0.1, 0.15) is 23.3 Å². The van der Waals surface area contributed by atoms with Crippen molar-refractivity contribution in [1.29, 1.82) is 0 Å². The van der Waals surface area contributed by atoms with Gasteiger partial charge >= 0.3 is 0 Å². The fourth-order valence-electron chi connectivity index (χ4n) is 1.18. The summed E-state index contributed by atoms with van der Waals surface area (Å²) in [4.78, 5) is 12.5. The normalized spacial score (nSPS) is 16.1. The summed E-state index contributed by atoms with van der Waals surface area (Å²) in [6.07, 6.45) is 5.78. The lowest BCUT2D eigenvalue weighted by atomic mass is 10.3. The second-order valence-electron chi connectivity index (χ2n) is 3.58. The minimum absolute atomic E-state index is 0.0281. The van der Waals surface area contributed by atoms with Gasteiger partial charge in [0.05, 0.1) is 0 Å². The van der Waals surface area contributed by atoms with Gasteiger partial charge in [-0.25, -0.2) is 0 Å². The summed E-state index contributed by atoms with van der Waals surface area (Å²) < 4.78 is 0. The Morgan fingerprint density at radius 1 is 1.64 bits per heavy atom. The first-order valence-electron chi connectivity index (χ1n) is 4.78. The van der Waals surface area contributed by atoms with Crippen molar-refractivity contribution in [2.24, 2.45) is 0 Å². The van der Waals surface area contributed by atoms with Crippen molar-refractivity contribution < 1.29 is 4.79 Å². The molecule has 2 rings (SSSR count). The molecule has 1 amide bonds. The van der Waals surface area contributed by atoms with E-state index < -0.39 is 0 Å². The van der Waals surface area contributed by atoms with Gasteiger partial charge in [0.25, 0.3) is 0 Å². The second-order valence-corrected chi connectivity index (χ2v) is 4.53. The standard InChI is InChI=1S/C11H13NOS/c1-8-6-7-14-10(8)4-5-11(13)12-9-2-3-9/h4-7,9H,2-3H2,1H3,(H,12,13)/b5-4+. The number of amides is 1. The van der Waals surface area contributed by atoms with Crippen LogP contribution in [0.4, 0.5) is 0 Å². The van der Waals surface area contributed by atoms with Crippen LogP contribution in [0.3, 0.4) is 0 Å². The molecule has 1 aliphatic carbocycles. The minimum atomic E-state index is 0.0281. The largest absolute Gasteiger partial charge is 0.350 e. The summed E-state index contributed by atoms with van der Waals surface area (Å²) >= 11 is 1.66. The maximum atomic E-state index is 11.3. The summed E-state index contributed by atoms with van der Waals surface area (Å²) in [5, 5.41) is 4.95. The average Bonchev–Trinajstić information content (AvgIpc) is 2.86. The molecule has 0 atom stereocenters. The van der Waals surface area contributed by atoms with E-state index in [1.54, 1.807) is 17.4 Å². The van der Waals surface area contributed by atoms with Crippen LogP contribution in [0, 0.1) is 6.92 Å². The summed E-state index contributed by atoms with van der Waals surface area (Å²) in [6.45, 7) is 2.05. The topological polar surface area (TPSA) is 29.1 Å². The van der Waals surface area contributed by atoms with Gasteiger partial charge < -0.3 is 5.32 Å². The molecule has 0 radical (unpaired) electrons. The third-order valence-electron chi connectivity index (χ3n) is 2.21. The second kappa shape index (κ2) is 3.96. The first-order chi connectivity index (χ1) is 6.75. The maximum Gasteiger partial charge on any atom is 0.244 e. The lowest BCUT2D eigenvalue weighted by Crippen LogP contribution is -2.22. The number of carbonyl (C=O) groups is 1. The van der Waals surface area contributed by atoms with Crippen molar-refractivity contribution in [2.75, 3.05) is 0 Å². The van der Waals surface area contributed by atoms with Crippen molar-refractivity contribution in [3.63, 3.8) is 0 Å². The molecule has 1 saturated carbocycles. The number of thiophene rings is 1. The van der Waals surface area contributed by atoms with Gasteiger partial charge in [-0.2, -0.15) is 0 Å². The van der Waals surface area contributed by atoms with Gasteiger partial charge in [0.15, 0.2) is 0 Å². The quantitative estimate of drug-likeness (QED) is 0.757. The van der Waals surface area contributed by atoms with Crippen LogP contribution in [0.25, 0.3) is 6.08 Å². The third kappa shape index (κ3) is 2.45. The van der Waals surface area contributed by atoms with E-state index in [1.165, 1.54) is 5.56 Å². The summed E-state index contributed by atoms with van der Waals surface area (Å²) in [5.41, 5.74) is 1.23. The Morgan fingerprint density at radius 3 is 3.00 bits per heavy atom. The van der Waals surface area contributed by atoms with Crippen LogP contribution < -0.4 is 5.32 Å². The van der Waals surface area contributed by atoms with E-state index in [4.69, 9.17) is 0 Å². The highest BCUT2D eigenvalue weighted by atomic mass is 32.1. The average molecular weight is 207 g/mol. The Bertz CT molecular complexity index is 363. The zero-order valence-electron chi connectivity index (χ0n) is 8.12. The number of rotatable bonds is 3. The van der Waals surface area contributed by atoms with E-state index >= 15 is 0 Å². The van der Waals surface area contributed by atoms with Gasteiger partial charge in [-0.3, -0.25) is 4.79 Å². The molecule has 1 aromatic rings. The molecule has 0 spiro atoms. The van der Waals surface area contributed by atoms with E-state index in [1.807, 2.05) is 11.5 Å². The molecule has 2 nitrogen and oxygen atoms in total. The van der Waals surface area contributed by atoms with Crippen LogP contribution in [0.15, 0.2) is 17.5 Å². The van der Waals surface area contributed by atoms with Crippen molar-refractivity contribution in [3.8, 4) is 0 Å². The van der Waals surface area contributed by atoms with Crippen LogP contribution in [0.5, 0.6) is 0 Å². The summed E-state index contributed by atoms with van der Waals surface area (Å²) in [5.74, 6) is 0.0281.